The number of aliphatic hydroxyl groups is 1. The molecule has 0 heterocycles. The molecular weight excluding hydrogens is 294 g/mol. The second kappa shape index (κ2) is 6.34. The summed E-state index contributed by atoms with van der Waals surface area (Å²) in [5, 5.41) is 12.0. The average molecular weight is 314 g/mol. The van der Waals surface area contributed by atoms with Crippen LogP contribution < -0.4 is 5.32 Å². The summed E-state index contributed by atoms with van der Waals surface area (Å²) in [5.41, 5.74) is 2.66. The molecule has 0 aliphatic carbocycles. The second-order valence-corrected chi connectivity index (χ2v) is 5.69. The lowest BCUT2D eigenvalue weighted by Crippen LogP contribution is -2.38. The lowest BCUT2D eigenvalue weighted by molar-refractivity contribution is 0.0915. The minimum Gasteiger partial charge on any atom is -0.396 e. The Labute approximate surface area is 117 Å². The maximum Gasteiger partial charge on any atom is 0.251 e. The van der Waals surface area contributed by atoms with Crippen LogP contribution in [0, 0.1) is 19.8 Å². The Morgan fingerprint density at radius 1 is 1.33 bits per heavy atom. The summed E-state index contributed by atoms with van der Waals surface area (Å²) in [4.78, 5) is 12.2. The van der Waals surface area contributed by atoms with Crippen molar-refractivity contribution in [3.05, 3.63) is 33.3 Å². The molecule has 1 aromatic rings. The van der Waals surface area contributed by atoms with Gasteiger partial charge in [0.05, 0.1) is 0 Å². The van der Waals surface area contributed by atoms with Gasteiger partial charge in [-0.15, -0.1) is 0 Å². The van der Waals surface area contributed by atoms with Gasteiger partial charge < -0.3 is 10.4 Å². The molecule has 0 saturated heterocycles. The van der Waals surface area contributed by atoms with Gasteiger partial charge >= 0.3 is 0 Å². The summed E-state index contributed by atoms with van der Waals surface area (Å²) in [5.74, 6) is -0.0401. The van der Waals surface area contributed by atoms with Crippen LogP contribution in [0.25, 0.3) is 0 Å². The van der Waals surface area contributed by atoms with E-state index in [0.717, 1.165) is 15.6 Å². The lowest BCUT2D eigenvalue weighted by Gasteiger charge is -2.20. The summed E-state index contributed by atoms with van der Waals surface area (Å²) >= 11 is 3.45. The van der Waals surface area contributed by atoms with Crippen LogP contribution in [-0.2, 0) is 0 Å². The first kappa shape index (κ1) is 15.2. The van der Waals surface area contributed by atoms with E-state index in [0.29, 0.717) is 5.56 Å². The van der Waals surface area contributed by atoms with Gasteiger partial charge in [0.2, 0.25) is 0 Å². The van der Waals surface area contributed by atoms with Crippen LogP contribution in [0.3, 0.4) is 0 Å². The highest BCUT2D eigenvalue weighted by Crippen LogP contribution is 2.21. The summed E-state index contributed by atoms with van der Waals surface area (Å²) in [7, 11) is 0. The third-order valence-corrected chi connectivity index (χ3v) is 4.10. The molecule has 0 aliphatic rings. The third kappa shape index (κ3) is 3.56. The van der Waals surface area contributed by atoms with Crippen LogP contribution in [0.2, 0.25) is 0 Å². The zero-order valence-corrected chi connectivity index (χ0v) is 12.8. The number of rotatable bonds is 4. The monoisotopic (exact) mass is 313 g/mol. The van der Waals surface area contributed by atoms with Crippen LogP contribution in [0.1, 0.15) is 35.3 Å². The smallest absolute Gasteiger partial charge is 0.251 e. The standard InChI is InChI=1S/C14H20BrNO2/c1-8-6-13(15)9(2)5-12(8)14(18)16-11(4)10(3)7-17/h5-6,10-11,17H,7H2,1-4H3,(H,16,18). The topological polar surface area (TPSA) is 49.3 Å². The van der Waals surface area contributed by atoms with Crippen molar-refractivity contribution in [2.24, 2.45) is 5.92 Å². The van der Waals surface area contributed by atoms with Gasteiger partial charge in [0, 0.05) is 22.7 Å². The number of amides is 1. The number of benzene rings is 1. The zero-order chi connectivity index (χ0) is 13.9. The van der Waals surface area contributed by atoms with Crippen LogP contribution in [0.15, 0.2) is 16.6 Å². The van der Waals surface area contributed by atoms with Crippen LogP contribution in [0.4, 0.5) is 0 Å². The van der Waals surface area contributed by atoms with E-state index in [4.69, 9.17) is 5.11 Å². The van der Waals surface area contributed by atoms with Crippen molar-refractivity contribution in [1.82, 2.24) is 5.32 Å². The molecule has 3 nitrogen and oxygen atoms in total. The predicted octanol–water partition coefficient (Wildman–Crippen LogP) is 2.81. The third-order valence-electron chi connectivity index (χ3n) is 3.25. The molecule has 1 aromatic carbocycles. The molecule has 0 radical (unpaired) electrons. The maximum absolute atomic E-state index is 12.2. The van der Waals surface area contributed by atoms with Crippen molar-refractivity contribution in [3.8, 4) is 0 Å². The first-order valence-corrected chi connectivity index (χ1v) is 6.84. The van der Waals surface area contributed by atoms with Gasteiger partial charge in [-0.1, -0.05) is 22.9 Å². The molecule has 0 bridgehead atoms. The molecule has 0 aromatic heterocycles. The number of aliphatic hydroxyl groups excluding tert-OH is 1. The normalized spacial score (nSPS) is 14.1. The Morgan fingerprint density at radius 2 is 1.94 bits per heavy atom. The fraction of sp³-hybridized carbons (Fsp3) is 0.500. The summed E-state index contributed by atoms with van der Waals surface area (Å²) in [6, 6.07) is 3.78. The average Bonchev–Trinajstić information content (AvgIpc) is 2.32. The quantitative estimate of drug-likeness (QED) is 0.898. The Bertz CT molecular complexity index is 446. The van der Waals surface area contributed by atoms with Crippen molar-refractivity contribution in [1.29, 1.82) is 0 Å². The predicted molar refractivity (Wildman–Crippen MR) is 76.8 cm³/mol. The molecule has 2 unspecified atom stereocenters. The molecule has 18 heavy (non-hydrogen) atoms. The Balaban J connectivity index is 2.88. The molecule has 0 saturated carbocycles. The molecule has 0 aliphatic heterocycles. The Kier molecular flexibility index (Phi) is 5.35. The van der Waals surface area contributed by atoms with Gasteiger partial charge in [0.25, 0.3) is 5.91 Å². The first-order valence-electron chi connectivity index (χ1n) is 6.05. The van der Waals surface area contributed by atoms with Crippen molar-refractivity contribution in [2.75, 3.05) is 6.61 Å². The highest BCUT2D eigenvalue weighted by atomic mass is 79.9. The van der Waals surface area contributed by atoms with Crippen LogP contribution >= 0.6 is 15.9 Å². The SMILES string of the molecule is Cc1cc(C(=O)NC(C)C(C)CO)c(C)cc1Br. The molecule has 4 heteroatoms. The van der Waals surface area contributed by atoms with Crippen molar-refractivity contribution in [3.63, 3.8) is 0 Å². The molecule has 1 amide bonds. The molecule has 100 valence electrons. The zero-order valence-electron chi connectivity index (χ0n) is 11.2. The van der Waals surface area contributed by atoms with Gasteiger partial charge in [-0.2, -0.15) is 0 Å². The van der Waals surface area contributed by atoms with Crippen molar-refractivity contribution < 1.29 is 9.90 Å². The second-order valence-electron chi connectivity index (χ2n) is 4.84. The van der Waals surface area contributed by atoms with E-state index in [2.05, 4.69) is 21.2 Å². The largest absolute Gasteiger partial charge is 0.396 e. The molecule has 1 rings (SSSR count). The summed E-state index contributed by atoms with van der Waals surface area (Å²) in [6.07, 6.45) is 0. The fourth-order valence-corrected chi connectivity index (χ4v) is 2.07. The van der Waals surface area contributed by atoms with Gasteiger partial charge in [0.15, 0.2) is 0 Å². The molecule has 2 atom stereocenters. The number of carbonyl (C=O) groups is 1. The highest BCUT2D eigenvalue weighted by Gasteiger charge is 2.17. The van der Waals surface area contributed by atoms with E-state index in [-0.39, 0.29) is 24.5 Å². The summed E-state index contributed by atoms with van der Waals surface area (Å²) < 4.78 is 1.01. The number of hydrogen-bond donors (Lipinski definition) is 2. The number of carbonyl (C=O) groups excluding carboxylic acids is 1. The fourth-order valence-electron chi connectivity index (χ4n) is 1.61. The number of hydrogen-bond acceptors (Lipinski definition) is 2. The van der Waals surface area contributed by atoms with Crippen LogP contribution in [-0.4, -0.2) is 23.7 Å². The van der Waals surface area contributed by atoms with Gasteiger partial charge in [-0.3, -0.25) is 4.79 Å². The van der Waals surface area contributed by atoms with Crippen molar-refractivity contribution >= 4 is 21.8 Å². The maximum atomic E-state index is 12.2. The minimum atomic E-state index is -0.0871. The van der Waals surface area contributed by atoms with E-state index in [9.17, 15) is 4.79 Å². The number of nitrogens with one attached hydrogen (secondary N) is 1. The van der Waals surface area contributed by atoms with Gasteiger partial charge in [-0.05, 0) is 49.9 Å². The first-order chi connectivity index (χ1) is 8.36. The van der Waals surface area contributed by atoms with E-state index < -0.39 is 0 Å². The van der Waals surface area contributed by atoms with Gasteiger partial charge in [0.1, 0.15) is 0 Å². The number of aryl methyl sites for hydroxylation is 2. The lowest BCUT2D eigenvalue weighted by atomic mass is 10.0. The Hall–Kier alpha value is -0.870. The number of halogens is 1. The Morgan fingerprint density at radius 3 is 2.50 bits per heavy atom. The molecule has 0 fully saturated rings. The van der Waals surface area contributed by atoms with E-state index in [1.165, 1.54) is 0 Å². The van der Waals surface area contributed by atoms with E-state index >= 15 is 0 Å². The van der Waals surface area contributed by atoms with E-state index in [1.807, 2.05) is 39.8 Å². The molecule has 2 N–H and O–H groups in total. The minimum absolute atomic E-state index is 0.0470. The molecule has 0 spiro atoms. The van der Waals surface area contributed by atoms with Crippen LogP contribution in [0.5, 0.6) is 0 Å². The van der Waals surface area contributed by atoms with Gasteiger partial charge in [-0.25, -0.2) is 0 Å². The highest BCUT2D eigenvalue weighted by molar-refractivity contribution is 9.10. The van der Waals surface area contributed by atoms with E-state index in [1.54, 1.807) is 0 Å². The summed E-state index contributed by atoms with van der Waals surface area (Å²) in [6.45, 7) is 7.75. The van der Waals surface area contributed by atoms with Crippen molar-refractivity contribution in [2.45, 2.75) is 33.7 Å². The molecular formula is C14H20BrNO2.